The van der Waals surface area contributed by atoms with Gasteiger partial charge in [0.15, 0.2) is 11.5 Å². The summed E-state index contributed by atoms with van der Waals surface area (Å²) < 4.78 is 35.0. The molecule has 5 aliphatic heterocycles. The molecule has 0 bridgehead atoms. The standard InChI is InChI=1S/C59H58N4O11/c1-69-32-33-71-58(68)62-47-24-22-40(21-20-39-12-5-2-6-13-39)34-46(47)59(57(62)67)50(55(65)61-28-26-60(27-29-61)37-41-23-25-48-49(35-41)73-38-72-48)52-56(66)74-53(43-16-9-4-10-17-43)51(42-14-7-3-8-15-42)63(52)54(59)44-18-11-19-45(36-44)70-31-30-64/h3-4,7-12,14-19,22-25,34-36,50-54,64H,2,5-6,13,26-33,37-38H2,1H3/t50-,51-,52-,53+,54+,59-/m0/s1. The minimum Gasteiger partial charge on any atom is -0.491 e. The average Bonchev–Trinajstić information content (AvgIpc) is 4.12. The Morgan fingerprint density at radius 2 is 1.54 bits per heavy atom. The first-order valence-electron chi connectivity index (χ1n) is 25.5. The van der Waals surface area contributed by atoms with Crippen molar-refractivity contribution < 1.29 is 52.7 Å². The van der Waals surface area contributed by atoms with Crippen molar-refractivity contribution in [2.24, 2.45) is 5.92 Å². The number of fused-ring (bicyclic) bond motifs is 4. The van der Waals surface area contributed by atoms with Crippen LogP contribution >= 0.6 is 0 Å². The fourth-order valence-corrected chi connectivity index (χ4v) is 11.9. The molecule has 5 aromatic rings. The third kappa shape index (κ3) is 8.95. The van der Waals surface area contributed by atoms with Gasteiger partial charge in [0.25, 0.3) is 0 Å². The molecular formula is C59H58N4O11. The maximum Gasteiger partial charge on any atom is 0.421 e. The number of anilines is 1. The van der Waals surface area contributed by atoms with Crippen molar-refractivity contribution in [3.63, 3.8) is 0 Å². The number of allylic oxidation sites excluding steroid dienone is 2. The minimum absolute atomic E-state index is 0.0102. The SMILES string of the molecule is COCCOC(=O)N1C(=O)[C@@]2(c3cc(C#CC4=CCCCC4)ccc31)[C@H](C(=O)N1CCN(Cc3ccc4c(c3)OCO4)CC1)[C@H]1C(=O)O[C@H](c3ccccc3)[C@H](c3ccccc3)N1[C@@H]2c1cccc(OCCO)c1. The largest absolute Gasteiger partial charge is 0.491 e. The van der Waals surface area contributed by atoms with E-state index in [0.717, 1.165) is 47.3 Å². The maximum absolute atomic E-state index is 16.7. The Labute approximate surface area is 430 Å². The van der Waals surface area contributed by atoms with E-state index in [0.29, 0.717) is 59.1 Å². The number of aliphatic hydroxyl groups excluding tert-OH is 1. The number of imide groups is 1. The van der Waals surface area contributed by atoms with Gasteiger partial charge in [-0.3, -0.25) is 24.2 Å². The van der Waals surface area contributed by atoms with Gasteiger partial charge >= 0.3 is 12.1 Å². The molecule has 11 rings (SSSR count). The molecule has 0 saturated carbocycles. The summed E-state index contributed by atoms with van der Waals surface area (Å²) in [5.74, 6) is 5.23. The number of amides is 3. The van der Waals surface area contributed by atoms with E-state index >= 15 is 14.4 Å². The van der Waals surface area contributed by atoms with Crippen molar-refractivity contribution in [2.45, 2.75) is 61.9 Å². The molecule has 6 atom stereocenters. The molecule has 15 nitrogen and oxygen atoms in total. The van der Waals surface area contributed by atoms with Crippen LogP contribution in [0.15, 0.2) is 133 Å². The van der Waals surface area contributed by atoms with E-state index in [1.807, 2.05) is 95.9 Å². The predicted octanol–water partition coefficient (Wildman–Crippen LogP) is 7.43. The van der Waals surface area contributed by atoms with Crippen molar-refractivity contribution in [2.75, 3.05) is 71.4 Å². The molecule has 380 valence electrons. The summed E-state index contributed by atoms with van der Waals surface area (Å²) in [4.78, 5) is 70.6. The lowest BCUT2D eigenvalue weighted by molar-refractivity contribution is -0.179. The summed E-state index contributed by atoms with van der Waals surface area (Å²) >= 11 is 0. The summed E-state index contributed by atoms with van der Waals surface area (Å²) in [7, 11) is 1.49. The molecule has 1 aliphatic carbocycles. The van der Waals surface area contributed by atoms with Gasteiger partial charge in [-0.15, -0.1) is 0 Å². The molecule has 74 heavy (non-hydrogen) atoms. The van der Waals surface area contributed by atoms with Crippen LogP contribution in [0.4, 0.5) is 10.5 Å². The van der Waals surface area contributed by atoms with Crippen LogP contribution < -0.4 is 19.1 Å². The molecule has 5 aromatic carbocycles. The number of carbonyl (C=O) groups excluding carboxylic acids is 4. The maximum atomic E-state index is 16.7. The van der Waals surface area contributed by atoms with Gasteiger partial charge in [0.1, 0.15) is 36.5 Å². The first-order chi connectivity index (χ1) is 36.3. The summed E-state index contributed by atoms with van der Waals surface area (Å²) in [5.41, 5.74) is 3.21. The smallest absolute Gasteiger partial charge is 0.421 e. The van der Waals surface area contributed by atoms with E-state index < -0.39 is 59.4 Å². The quantitative estimate of drug-likeness (QED) is 0.0749. The lowest BCUT2D eigenvalue weighted by atomic mass is 9.64. The van der Waals surface area contributed by atoms with E-state index in [4.69, 9.17) is 28.4 Å². The van der Waals surface area contributed by atoms with E-state index in [1.165, 1.54) is 7.11 Å². The second-order valence-electron chi connectivity index (χ2n) is 19.4. The lowest BCUT2D eigenvalue weighted by Gasteiger charge is -2.46. The van der Waals surface area contributed by atoms with Crippen molar-refractivity contribution in [1.82, 2.24) is 14.7 Å². The van der Waals surface area contributed by atoms with Crippen LogP contribution in [0.5, 0.6) is 17.2 Å². The number of methoxy groups -OCH3 is 1. The van der Waals surface area contributed by atoms with Gasteiger partial charge in [0.2, 0.25) is 18.6 Å². The van der Waals surface area contributed by atoms with E-state index in [-0.39, 0.29) is 52.0 Å². The van der Waals surface area contributed by atoms with Crippen LogP contribution in [0.1, 0.15) is 77.3 Å². The van der Waals surface area contributed by atoms with Crippen LogP contribution in [0, 0.1) is 17.8 Å². The highest BCUT2D eigenvalue weighted by atomic mass is 16.7. The Kier molecular flexibility index (Phi) is 13.9. The van der Waals surface area contributed by atoms with Crippen LogP contribution in [0.3, 0.4) is 0 Å². The molecule has 0 unspecified atom stereocenters. The number of ether oxygens (including phenoxy) is 6. The highest BCUT2D eigenvalue weighted by molar-refractivity contribution is 6.23. The van der Waals surface area contributed by atoms with Crippen LogP contribution in [-0.4, -0.2) is 116 Å². The third-order valence-corrected chi connectivity index (χ3v) is 15.1. The molecule has 1 N–H and O–H groups in total. The highest BCUT2D eigenvalue weighted by Gasteiger charge is 2.76. The highest BCUT2D eigenvalue weighted by Crippen LogP contribution is 2.66. The number of hydrogen-bond acceptors (Lipinski definition) is 13. The van der Waals surface area contributed by atoms with Crippen LogP contribution in [0.25, 0.3) is 0 Å². The summed E-state index contributed by atoms with van der Waals surface area (Å²) in [6, 6.07) is 34.3. The molecule has 3 saturated heterocycles. The normalized spacial score (nSPS) is 24.1. The summed E-state index contributed by atoms with van der Waals surface area (Å²) in [6.07, 6.45) is 4.21. The molecule has 3 amide bonds. The number of benzene rings is 5. The van der Waals surface area contributed by atoms with Crippen molar-refractivity contribution >= 4 is 29.6 Å². The first kappa shape index (κ1) is 48.8. The monoisotopic (exact) mass is 998 g/mol. The van der Waals surface area contributed by atoms with Crippen molar-refractivity contribution in [3.05, 3.63) is 166 Å². The number of piperazine rings is 1. The molecule has 0 aromatic heterocycles. The van der Waals surface area contributed by atoms with Crippen molar-refractivity contribution in [1.29, 1.82) is 0 Å². The second-order valence-corrected chi connectivity index (χ2v) is 19.4. The Hall–Kier alpha value is -7.48. The summed E-state index contributed by atoms with van der Waals surface area (Å²) in [6.45, 7) is 1.98. The number of esters is 1. The van der Waals surface area contributed by atoms with Gasteiger partial charge in [-0.1, -0.05) is 96.8 Å². The number of hydrogen-bond donors (Lipinski definition) is 1. The zero-order valence-corrected chi connectivity index (χ0v) is 41.2. The topological polar surface area (TPSA) is 157 Å². The van der Waals surface area contributed by atoms with E-state index in [9.17, 15) is 9.90 Å². The van der Waals surface area contributed by atoms with Crippen LogP contribution in [-0.2, 0) is 40.6 Å². The van der Waals surface area contributed by atoms with E-state index in [1.54, 1.807) is 35.2 Å². The third-order valence-electron chi connectivity index (χ3n) is 15.1. The molecule has 0 radical (unpaired) electrons. The number of morpholine rings is 1. The second kappa shape index (κ2) is 21.2. The van der Waals surface area contributed by atoms with Gasteiger partial charge < -0.3 is 38.4 Å². The molecule has 15 heteroatoms. The Morgan fingerprint density at radius 1 is 0.770 bits per heavy atom. The van der Waals surface area contributed by atoms with Gasteiger partial charge in [-0.2, -0.15) is 0 Å². The predicted molar refractivity (Wildman–Crippen MR) is 272 cm³/mol. The summed E-state index contributed by atoms with van der Waals surface area (Å²) in [5, 5.41) is 9.90. The minimum atomic E-state index is -2.00. The first-order valence-corrected chi connectivity index (χ1v) is 25.5. The zero-order valence-electron chi connectivity index (χ0n) is 41.2. The Bertz CT molecular complexity index is 3020. The fourth-order valence-electron chi connectivity index (χ4n) is 11.9. The Morgan fingerprint density at radius 3 is 2.30 bits per heavy atom. The molecular weight excluding hydrogens is 941 g/mol. The molecule has 1 spiro atoms. The number of cyclic esters (lactones) is 1. The number of rotatable bonds is 12. The zero-order chi connectivity index (χ0) is 50.8. The number of carbonyl (C=O) groups is 4. The van der Waals surface area contributed by atoms with Gasteiger partial charge in [-0.25, -0.2) is 9.69 Å². The fraction of sp³-hybridized carbons (Fsp3) is 0.356. The van der Waals surface area contributed by atoms with Gasteiger partial charge in [-0.05, 0) is 102 Å². The molecule has 3 fully saturated rings. The number of aliphatic hydroxyl groups is 1. The van der Waals surface area contributed by atoms with Crippen LogP contribution in [0.2, 0.25) is 0 Å². The van der Waals surface area contributed by atoms with Gasteiger partial charge in [0, 0.05) is 45.4 Å². The van der Waals surface area contributed by atoms with Gasteiger partial charge in [0.05, 0.1) is 36.9 Å². The molecule has 6 aliphatic rings. The molecule has 5 heterocycles. The Balaban J connectivity index is 1.12. The lowest BCUT2D eigenvalue weighted by Crippen LogP contribution is -2.59. The average molecular weight is 999 g/mol. The number of nitrogens with zero attached hydrogens (tertiary/aromatic N) is 4. The van der Waals surface area contributed by atoms with E-state index in [2.05, 4.69) is 22.8 Å². The van der Waals surface area contributed by atoms with Crippen molar-refractivity contribution in [3.8, 4) is 29.1 Å².